The summed E-state index contributed by atoms with van der Waals surface area (Å²) >= 11 is 0. The second-order valence-electron chi connectivity index (χ2n) is 3.89. The van der Waals surface area contributed by atoms with E-state index in [4.69, 9.17) is 0 Å². The molecule has 11 heavy (non-hydrogen) atoms. The van der Waals surface area contributed by atoms with Crippen molar-refractivity contribution >= 4 is 5.78 Å². The highest BCUT2D eigenvalue weighted by atomic mass is 16.1. The maximum atomic E-state index is 11.4. The van der Waals surface area contributed by atoms with E-state index >= 15 is 0 Å². The third-order valence-electron chi connectivity index (χ3n) is 3.00. The highest BCUT2D eigenvalue weighted by Crippen LogP contribution is 2.39. The molecule has 2 aliphatic carbocycles. The normalized spacial score (nSPS) is 36.8. The van der Waals surface area contributed by atoms with Crippen LogP contribution in [0.2, 0.25) is 0 Å². The van der Waals surface area contributed by atoms with E-state index in [1.54, 1.807) is 0 Å². The molecule has 0 spiro atoms. The third-order valence-corrected chi connectivity index (χ3v) is 3.00. The molecule has 0 heterocycles. The van der Waals surface area contributed by atoms with Crippen molar-refractivity contribution in [3.05, 3.63) is 11.6 Å². The number of fused-ring (bicyclic) bond motifs is 1. The minimum atomic E-state index is 0.399. The number of rotatable bonds is 0. The van der Waals surface area contributed by atoms with Crippen LogP contribution in [0.25, 0.3) is 0 Å². The fraction of sp³-hybridized carbons (Fsp3) is 0.700. The van der Waals surface area contributed by atoms with E-state index in [1.807, 2.05) is 6.08 Å². The van der Waals surface area contributed by atoms with Crippen LogP contribution in [0.1, 0.15) is 32.6 Å². The molecule has 0 saturated heterocycles. The van der Waals surface area contributed by atoms with Gasteiger partial charge in [-0.1, -0.05) is 12.0 Å². The van der Waals surface area contributed by atoms with Crippen LogP contribution in [0.3, 0.4) is 0 Å². The lowest BCUT2D eigenvalue weighted by molar-refractivity contribution is -0.119. The van der Waals surface area contributed by atoms with Crippen LogP contribution in [0, 0.1) is 11.8 Å². The lowest BCUT2D eigenvalue weighted by atomic mass is 9.82. The molecule has 1 nitrogen and oxygen atoms in total. The van der Waals surface area contributed by atoms with E-state index in [1.165, 1.54) is 24.8 Å². The zero-order valence-corrected chi connectivity index (χ0v) is 6.97. The molecule has 0 N–H and O–H groups in total. The van der Waals surface area contributed by atoms with E-state index in [-0.39, 0.29) is 0 Å². The fourth-order valence-electron chi connectivity index (χ4n) is 2.48. The Kier molecular flexibility index (Phi) is 1.59. The first-order chi connectivity index (χ1) is 5.27. The van der Waals surface area contributed by atoms with Crippen LogP contribution in [-0.2, 0) is 4.79 Å². The quantitative estimate of drug-likeness (QED) is 0.518. The molecule has 0 amide bonds. The van der Waals surface area contributed by atoms with Gasteiger partial charge in [-0.15, -0.1) is 0 Å². The molecular formula is C10H14O. The molecule has 0 aliphatic heterocycles. The topological polar surface area (TPSA) is 17.1 Å². The number of allylic oxidation sites excluding steroid dienone is 2. The van der Waals surface area contributed by atoms with Crippen molar-refractivity contribution in [2.24, 2.45) is 11.8 Å². The Labute approximate surface area is 67.5 Å². The Morgan fingerprint density at radius 2 is 2.27 bits per heavy atom. The molecule has 2 unspecified atom stereocenters. The van der Waals surface area contributed by atoms with Gasteiger partial charge in [-0.3, -0.25) is 4.79 Å². The highest BCUT2D eigenvalue weighted by molar-refractivity contribution is 5.93. The van der Waals surface area contributed by atoms with E-state index < -0.39 is 0 Å². The summed E-state index contributed by atoms with van der Waals surface area (Å²) in [5.74, 6) is 1.50. The molecule has 60 valence electrons. The SMILES string of the molecule is CC1=CC(=O)C2CCCC2C1. The van der Waals surface area contributed by atoms with Gasteiger partial charge in [0.25, 0.3) is 0 Å². The van der Waals surface area contributed by atoms with Gasteiger partial charge in [0.05, 0.1) is 0 Å². The molecule has 0 aromatic carbocycles. The monoisotopic (exact) mass is 150 g/mol. The molecule has 0 bridgehead atoms. The first-order valence-electron chi connectivity index (χ1n) is 4.48. The van der Waals surface area contributed by atoms with Crippen molar-refractivity contribution in [1.29, 1.82) is 0 Å². The predicted molar refractivity (Wildman–Crippen MR) is 44.2 cm³/mol. The molecule has 1 saturated carbocycles. The maximum Gasteiger partial charge on any atom is 0.158 e. The zero-order chi connectivity index (χ0) is 7.84. The first kappa shape index (κ1) is 7.08. The van der Waals surface area contributed by atoms with Gasteiger partial charge in [0.15, 0.2) is 5.78 Å². The first-order valence-corrected chi connectivity index (χ1v) is 4.48. The summed E-state index contributed by atoms with van der Waals surface area (Å²) in [5.41, 5.74) is 1.29. The Morgan fingerprint density at radius 1 is 1.45 bits per heavy atom. The summed E-state index contributed by atoms with van der Waals surface area (Å²) in [5, 5.41) is 0. The molecule has 1 heteroatoms. The average Bonchev–Trinajstić information content (AvgIpc) is 2.34. The standard InChI is InChI=1S/C10H14O/c1-7-5-8-3-2-4-9(8)10(11)6-7/h6,8-9H,2-5H2,1H3. The summed E-state index contributed by atoms with van der Waals surface area (Å²) in [7, 11) is 0. The third kappa shape index (κ3) is 1.13. The van der Waals surface area contributed by atoms with Crippen LogP contribution >= 0.6 is 0 Å². The Balaban J connectivity index is 2.23. The molecule has 0 aromatic rings. The maximum absolute atomic E-state index is 11.4. The summed E-state index contributed by atoms with van der Waals surface area (Å²) in [6.45, 7) is 2.08. The van der Waals surface area contributed by atoms with Gasteiger partial charge in [-0.2, -0.15) is 0 Å². The summed E-state index contributed by atoms with van der Waals surface area (Å²) in [6, 6.07) is 0. The van der Waals surface area contributed by atoms with Crippen molar-refractivity contribution < 1.29 is 4.79 Å². The summed E-state index contributed by atoms with van der Waals surface area (Å²) < 4.78 is 0. The van der Waals surface area contributed by atoms with Crippen molar-refractivity contribution in [2.75, 3.05) is 0 Å². The number of carbonyl (C=O) groups is 1. The lowest BCUT2D eigenvalue weighted by Crippen LogP contribution is -2.21. The minimum Gasteiger partial charge on any atom is -0.295 e. The molecule has 2 rings (SSSR count). The van der Waals surface area contributed by atoms with Crippen LogP contribution in [-0.4, -0.2) is 5.78 Å². The number of ketones is 1. The second kappa shape index (κ2) is 2.47. The summed E-state index contributed by atoms with van der Waals surface area (Å²) in [4.78, 5) is 11.4. The van der Waals surface area contributed by atoms with E-state index in [2.05, 4.69) is 6.92 Å². The highest BCUT2D eigenvalue weighted by Gasteiger charge is 2.34. The molecule has 2 aliphatic rings. The second-order valence-corrected chi connectivity index (χ2v) is 3.89. The zero-order valence-electron chi connectivity index (χ0n) is 6.97. The lowest BCUT2D eigenvalue weighted by Gasteiger charge is -2.22. The van der Waals surface area contributed by atoms with Gasteiger partial charge in [0, 0.05) is 5.92 Å². The van der Waals surface area contributed by atoms with Crippen molar-refractivity contribution in [2.45, 2.75) is 32.6 Å². The molecule has 2 atom stereocenters. The van der Waals surface area contributed by atoms with Crippen molar-refractivity contribution in [3.63, 3.8) is 0 Å². The minimum absolute atomic E-state index is 0.399. The summed E-state index contributed by atoms with van der Waals surface area (Å²) in [6.07, 6.45) is 6.72. The van der Waals surface area contributed by atoms with Gasteiger partial charge in [-0.25, -0.2) is 0 Å². The van der Waals surface area contributed by atoms with Crippen molar-refractivity contribution in [1.82, 2.24) is 0 Å². The van der Waals surface area contributed by atoms with Crippen LogP contribution in [0.15, 0.2) is 11.6 Å². The number of carbonyl (C=O) groups excluding carboxylic acids is 1. The largest absolute Gasteiger partial charge is 0.295 e. The molecule has 1 fully saturated rings. The van der Waals surface area contributed by atoms with E-state index in [0.29, 0.717) is 17.6 Å². The van der Waals surface area contributed by atoms with Gasteiger partial charge in [0.1, 0.15) is 0 Å². The number of hydrogen-bond acceptors (Lipinski definition) is 1. The molecule has 0 aromatic heterocycles. The van der Waals surface area contributed by atoms with Gasteiger partial charge in [-0.05, 0) is 38.2 Å². The van der Waals surface area contributed by atoms with E-state index in [9.17, 15) is 4.79 Å². The van der Waals surface area contributed by atoms with Gasteiger partial charge < -0.3 is 0 Å². The van der Waals surface area contributed by atoms with Gasteiger partial charge in [0.2, 0.25) is 0 Å². The average molecular weight is 150 g/mol. The van der Waals surface area contributed by atoms with Gasteiger partial charge >= 0.3 is 0 Å². The Hall–Kier alpha value is -0.590. The molecular weight excluding hydrogens is 136 g/mol. The van der Waals surface area contributed by atoms with Crippen molar-refractivity contribution in [3.8, 4) is 0 Å². The smallest absolute Gasteiger partial charge is 0.158 e. The van der Waals surface area contributed by atoms with Crippen LogP contribution in [0.5, 0.6) is 0 Å². The number of hydrogen-bond donors (Lipinski definition) is 0. The Bertz CT molecular complexity index is 215. The fourth-order valence-corrected chi connectivity index (χ4v) is 2.48. The Morgan fingerprint density at radius 3 is 3.09 bits per heavy atom. The van der Waals surface area contributed by atoms with Crippen LogP contribution < -0.4 is 0 Å². The molecule has 0 radical (unpaired) electrons. The van der Waals surface area contributed by atoms with E-state index in [0.717, 1.165) is 6.42 Å². The van der Waals surface area contributed by atoms with Crippen LogP contribution in [0.4, 0.5) is 0 Å². The predicted octanol–water partition coefficient (Wildman–Crippen LogP) is 2.32.